The van der Waals surface area contributed by atoms with Crippen LogP contribution in [-0.2, 0) is 6.54 Å². The molecule has 1 unspecified atom stereocenters. The van der Waals surface area contributed by atoms with Crippen LogP contribution < -0.4 is 0 Å². The Morgan fingerprint density at radius 1 is 0.750 bits per heavy atom. The highest BCUT2D eigenvalue weighted by Crippen LogP contribution is 2.50. The molecule has 118 valence electrons. The van der Waals surface area contributed by atoms with Crippen molar-refractivity contribution in [3.8, 4) is 0 Å². The second-order valence-corrected chi connectivity index (χ2v) is 6.35. The summed E-state index contributed by atoms with van der Waals surface area (Å²) in [7, 11) is 0. The Balaban J connectivity index is 1.61. The molecule has 1 heterocycles. The van der Waals surface area contributed by atoms with Crippen molar-refractivity contribution >= 4 is 5.57 Å². The Hall–Kier alpha value is -2.64. The summed E-state index contributed by atoms with van der Waals surface area (Å²) in [6.45, 7) is 5.37. The first-order valence-electron chi connectivity index (χ1n) is 8.43. The minimum atomic E-state index is 0.370. The molecule has 1 nitrogen and oxygen atoms in total. The highest BCUT2D eigenvalue weighted by Gasteiger charge is 2.49. The van der Waals surface area contributed by atoms with Gasteiger partial charge in [-0.15, -0.1) is 0 Å². The highest BCUT2D eigenvalue weighted by molar-refractivity contribution is 5.71. The number of nitrogens with zero attached hydrogens (tertiary/aromatic N) is 1. The van der Waals surface area contributed by atoms with Crippen molar-refractivity contribution in [1.82, 2.24) is 4.90 Å². The van der Waals surface area contributed by atoms with Crippen LogP contribution in [0.25, 0.3) is 5.57 Å². The molecule has 0 aliphatic carbocycles. The van der Waals surface area contributed by atoms with E-state index in [1.165, 1.54) is 22.3 Å². The van der Waals surface area contributed by atoms with Crippen LogP contribution in [0.4, 0.5) is 0 Å². The zero-order chi connectivity index (χ0) is 16.4. The molecule has 3 aromatic rings. The second kappa shape index (κ2) is 6.46. The Morgan fingerprint density at radius 2 is 1.29 bits per heavy atom. The molecule has 0 N–H and O–H groups in total. The SMILES string of the molecule is C=C(c1ccccc1)[C@H]1[C@@H](c2ccccc2)N1Cc1ccccc1. The number of benzene rings is 3. The van der Waals surface area contributed by atoms with E-state index in [0.29, 0.717) is 12.1 Å². The summed E-state index contributed by atoms with van der Waals surface area (Å²) in [4.78, 5) is 2.53. The molecule has 1 saturated heterocycles. The van der Waals surface area contributed by atoms with Crippen molar-refractivity contribution in [2.45, 2.75) is 18.6 Å². The van der Waals surface area contributed by atoms with E-state index in [-0.39, 0.29) is 0 Å². The number of hydrogen-bond donors (Lipinski definition) is 0. The van der Waals surface area contributed by atoms with Crippen LogP contribution in [0.5, 0.6) is 0 Å². The summed E-state index contributed by atoms with van der Waals surface area (Å²) in [6.07, 6.45) is 0. The predicted molar refractivity (Wildman–Crippen MR) is 100 cm³/mol. The lowest BCUT2D eigenvalue weighted by Crippen LogP contribution is -2.03. The van der Waals surface area contributed by atoms with E-state index in [9.17, 15) is 0 Å². The van der Waals surface area contributed by atoms with Crippen molar-refractivity contribution in [3.63, 3.8) is 0 Å². The molecule has 1 aliphatic heterocycles. The normalized spacial score (nSPS) is 22.1. The average molecular weight is 311 g/mol. The van der Waals surface area contributed by atoms with E-state index in [1.54, 1.807) is 0 Å². The quantitative estimate of drug-likeness (QED) is 0.576. The molecule has 3 aromatic carbocycles. The predicted octanol–water partition coefficient (Wildman–Crippen LogP) is 5.33. The molecule has 24 heavy (non-hydrogen) atoms. The van der Waals surface area contributed by atoms with Gasteiger partial charge in [0, 0.05) is 6.54 Å². The van der Waals surface area contributed by atoms with Crippen molar-refractivity contribution in [1.29, 1.82) is 0 Å². The summed E-state index contributed by atoms with van der Waals surface area (Å²) in [6, 6.07) is 32.8. The lowest BCUT2D eigenvalue weighted by molar-refractivity contribution is 0.495. The average Bonchev–Trinajstić information content (AvgIpc) is 3.37. The Kier molecular flexibility index (Phi) is 4.02. The van der Waals surface area contributed by atoms with Crippen molar-refractivity contribution < 1.29 is 0 Å². The van der Waals surface area contributed by atoms with Crippen LogP contribution in [0.3, 0.4) is 0 Å². The van der Waals surface area contributed by atoms with Gasteiger partial charge in [0.05, 0.1) is 12.1 Å². The monoisotopic (exact) mass is 311 g/mol. The zero-order valence-electron chi connectivity index (χ0n) is 13.7. The smallest absolute Gasteiger partial charge is 0.0556 e. The molecule has 0 amide bonds. The van der Waals surface area contributed by atoms with Gasteiger partial charge in [-0.25, -0.2) is 0 Å². The summed E-state index contributed by atoms with van der Waals surface area (Å²) in [5.74, 6) is 0. The van der Waals surface area contributed by atoms with Gasteiger partial charge in [0.2, 0.25) is 0 Å². The summed E-state index contributed by atoms with van der Waals surface area (Å²) < 4.78 is 0. The molecule has 0 radical (unpaired) electrons. The molecule has 0 saturated carbocycles. The van der Waals surface area contributed by atoms with Gasteiger partial charge in [0.15, 0.2) is 0 Å². The van der Waals surface area contributed by atoms with Crippen LogP contribution in [0.2, 0.25) is 0 Å². The fourth-order valence-electron chi connectivity index (χ4n) is 3.50. The third-order valence-electron chi connectivity index (χ3n) is 4.77. The second-order valence-electron chi connectivity index (χ2n) is 6.35. The largest absolute Gasteiger partial charge is 0.281 e. The summed E-state index contributed by atoms with van der Waals surface area (Å²) in [5.41, 5.74) is 5.16. The maximum atomic E-state index is 4.41. The van der Waals surface area contributed by atoms with Gasteiger partial charge in [-0.2, -0.15) is 0 Å². The molecule has 3 atom stereocenters. The first-order chi connectivity index (χ1) is 11.8. The van der Waals surface area contributed by atoms with E-state index >= 15 is 0 Å². The maximum Gasteiger partial charge on any atom is 0.0556 e. The number of hydrogen-bond acceptors (Lipinski definition) is 1. The minimum absolute atomic E-state index is 0.370. The van der Waals surface area contributed by atoms with Crippen molar-refractivity contribution in [3.05, 3.63) is 114 Å². The molecule has 4 rings (SSSR count). The van der Waals surface area contributed by atoms with Gasteiger partial charge in [0.1, 0.15) is 0 Å². The van der Waals surface area contributed by atoms with Crippen LogP contribution in [0.15, 0.2) is 97.6 Å². The molecular formula is C23H21N. The van der Waals surface area contributed by atoms with Crippen LogP contribution in [0.1, 0.15) is 22.7 Å². The molecule has 1 fully saturated rings. The Bertz CT molecular complexity index is 808. The van der Waals surface area contributed by atoms with Gasteiger partial charge < -0.3 is 0 Å². The van der Waals surface area contributed by atoms with Crippen LogP contribution in [0, 0.1) is 0 Å². The van der Waals surface area contributed by atoms with Crippen LogP contribution in [-0.4, -0.2) is 10.9 Å². The lowest BCUT2D eigenvalue weighted by atomic mass is 10.00. The highest BCUT2D eigenvalue weighted by atomic mass is 15.3. The third kappa shape index (κ3) is 2.91. The topological polar surface area (TPSA) is 3.01 Å². The van der Waals surface area contributed by atoms with Gasteiger partial charge in [0.25, 0.3) is 0 Å². The van der Waals surface area contributed by atoms with Crippen molar-refractivity contribution in [2.24, 2.45) is 0 Å². The molecule has 1 aliphatic rings. The Morgan fingerprint density at radius 3 is 1.92 bits per heavy atom. The molecule has 0 aromatic heterocycles. The molecule has 0 bridgehead atoms. The van der Waals surface area contributed by atoms with Gasteiger partial charge in [-0.1, -0.05) is 97.6 Å². The first-order valence-corrected chi connectivity index (χ1v) is 8.43. The van der Waals surface area contributed by atoms with E-state index in [0.717, 1.165) is 6.54 Å². The fraction of sp³-hybridized carbons (Fsp3) is 0.130. The van der Waals surface area contributed by atoms with Gasteiger partial charge >= 0.3 is 0 Å². The Labute approximate surface area is 143 Å². The third-order valence-corrected chi connectivity index (χ3v) is 4.77. The van der Waals surface area contributed by atoms with E-state index in [4.69, 9.17) is 0 Å². The number of rotatable bonds is 5. The van der Waals surface area contributed by atoms with E-state index in [2.05, 4.69) is 102 Å². The molecule has 0 spiro atoms. The molecular weight excluding hydrogens is 290 g/mol. The van der Waals surface area contributed by atoms with Crippen molar-refractivity contribution in [2.75, 3.05) is 0 Å². The van der Waals surface area contributed by atoms with Gasteiger partial charge in [-0.3, -0.25) is 4.90 Å². The lowest BCUT2D eigenvalue weighted by Gasteiger charge is -2.07. The first kappa shape index (κ1) is 14.9. The van der Waals surface area contributed by atoms with E-state index < -0.39 is 0 Å². The van der Waals surface area contributed by atoms with E-state index in [1.807, 2.05) is 0 Å². The zero-order valence-corrected chi connectivity index (χ0v) is 13.7. The minimum Gasteiger partial charge on any atom is -0.281 e. The summed E-state index contributed by atoms with van der Waals surface area (Å²) >= 11 is 0. The maximum absolute atomic E-state index is 4.41. The summed E-state index contributed by atoms with van der Waals surface area (Å²) in [5, 5.41) is 0. The van der Waals surface area contributed by atoms with Crippen LogP contribution >= 0.6 is 0 Å². The fourth-order valence-corrected chi connectivity index (χ4v) is 3.50. The standard InChI is InChI=1S/C23H21N/c1-18(20-13-7-3-8-14-20)22-23(21-15-9-4-10-16-21)24(22)17-19-11-5-2-6-12-19/h2-16,22-23H,1,17H2/t22-,23+,24?/m0/s1. The molecule has 1 heteroatoms. The van der Waals surface area contributed by atoms with Gasteiger partial charge in [-0.05, 0) is 22.3 Å².